The average molecular weight is 341 g/mol. The second-order valence-corrected chi connectivity index (χ2v) is 5.87. The lowest BCUT2D eigenvalue weighted by atomic mass is 10.2. The van der Waals surface area contributed by atoms with Crippen molar-refractivity contribution in [1.82, 2.24) is 19.6 Å². The van der Waals surface area contributed by atoms with Crippen molar-refractivity contribution in [2.24, 2.45) is 0 Å². The van der Waals surface area contributed by atoms with Crippen molar-refractivity contribution in [2.45, 2.75) is 33.9 Å². The van der Waals surface area contributed by atoms with Gasteiger partial charge in [-0.2, -0.15) is 10.2 Å². The Morgan fingerprint density at radius 2 is 2.12 bits per heavy atom. The van der Waals surface area contributed by atoms with Gasteiger partial charge in [0.15, 0.2) is 0 Å². The minimum Gasteiger partial charge on any atom is -0.319 e. The van der Waals surface area contributed by atoms with Crippen LogP contribution in [0.4, 0.5) is 10.1 Å². The van der Waals surface area contributed by atoms with Gasteiger partial charge in [0.1, 0.15) is 5.82 Å². The molecule has 0 unspecified atom stereocenters. The fourth-order valence-electron chi connectivity index (χ4n) is 2.68. The largest absolute Gasteiger partial charge is 0.319 e. The van der Waals surface area contributed by atoms with Crippen molar-refractivity contribution < 1.29 is 9.18 Å². The van der Waals surface area contributed by atoms with Crippen LogP contribution >= 0.6 is 0 Å². The van der Waals surface area contributed by atoms with Gasteiger partial charge in [-0.1, -0.05) is 12.1 Å². The Morgan fingerprint density at radius 1 is 1.32 bits per heavy atom. The quantitative estimate of drug-likeness (QED) is 0.775. The molecule has 130 valence electrons. The summed E-state index contributed by atoms with van der Waals surface area (Å²) in [6.07, 6.45) is 3.25. The molecule has 1 aromatic carbocycles. The van der Waals surface area contributed by atoms with E-state index in [4.69, 9.17) is 0 Å². The van der Waals surface area contributed by atoms with E-state index in [0.29, 0.717) is 30.0 Å². The van der Waals surface area contributed by atoms with E-state index < -0.39 is 0 Å². The monoisotopic (exact) mass is 341 g/mol. The van der Waals surface area contributed by atoms with Crippen LogP contribution in [0.5, 0.6) is 0 Å². The molecule has 0 fully saturated rings. The summed E-state index contributed by atoms with van der Waals surface area (Å²) >= 11 is 0. The lowest BCUT2D eigenvalue weighted by molar-refractivity contribution is 0.102. The standard InChI is InChI=1S/C18H20FN5O/c1-4-23-11-15(9-20-23)18(25)21-17-12(2)22-24(13(17)3)10-14-6-5-7-16(19)8-14/h5-9,11H,4,10H2,1-3H3,(H,21,25). The predicted octanol–water partition coefficient (Wildman–Crippen LogP) is 3.16. The molecule has 0 spiro atoms. The van der Waals surface area contributed by atoms with Crippen LogP contribution in [0.2, 0.25) is 0 Å². The molecule has 1 amide bonds. The summed E-state index contributed by atoms with van der Waals surface area (Å²) in [6.45, 7) is 6.81. The highest BCUT2D eigenvalue weighted by Crippen LogP contribution is 2.21. The number of carbonyl (C=O) groups excluding carboxylic acids is 1. The fourth-order valence-corrected chi connectivity index (χ4v) is 2.68. The van der Waals surface area contributed by atoms with Crippen molar-refractivity contribution in [3.8, 4) is 0 Å². The number of hydrogen-bond acceptors (Lipinski definition) is 3. The van der Waals surface area contributed by atoms with Crippen LogP contribution in [-0.4, -0.2) is 25.5 Å². The van der Waals surface area contributed by atoms with Gasteiger partial charge in [-0.25, -0.2) is 4.39 Å². The molecule has 0 aliphatic heterocycles. The molecule has 0 saturated carbocycles. The number of benzene rings is 1. The molecule has 7 heteroatoms. The van der Waals surface area contributed by atoms with Crippen molar-refractivity contribution >= 4 is 11.6 Å². The zero-order chi connectivity index (χ0) is 18.0. The van der Waals surface area contributed by atoms with Crippen LogP contribution in [0, 0.1) is 19.7 Å². The number of amides is 1. The number of anilines is 1. The maximum Gasteiger partial charge on any atom is 0.258 e. The number of nitrogens with zero attached hydrogens (tertiary/aromatic N) is 4. The molecular weight excluding hydrogens is 321 g/mol. The third kappa shape index (κ3) is 3.60. The number of aryl methyl sites for hydroxylation is 2. The first-order chi connectivity index (χ1) is 12.0. The first kappa shape index (κ1) is 16.9. The summed E-state index contributed by atoms with van der Waals surface area (Å²) in [5.41, 5.74) is 3.51. The highest BCUT2D eigenvalue weighted by atomic mass is 19.1. The molecule has 3 aromatic rings. The molecule has 1 N–H and O–H groups in total. The molecule has 6 nitrogen and oxygen atoms in total. The van der Waals surface area contributed by atoms with E-state index >= 15 is 0 Å². The van der Waals surface area contributed by atoms with Gasteiger partial charge >= 0.3 is 0 Å². The van der Waals surface area contributed by atoms with Crippen molar-refractivity contribution in [2.75, 3.05) is 5.32 Å². The predicted molar refractivity (Wildman–Crippen MR) is 93.1 cm³/mol. The van der Waals surface area contributed by atoms with Crippen LogP contribution in [-0.2, 0) is 13.1 Å². The van der Waals surface area contributed by atoms with E-state index in [9.17, 15) is 9.18 Å². The molecule has 25 heavy (non-hydrogen) atoms. The molecule has 3 rings (SSSR count). The first-order valence-corrected chi connectivity index (χ1v) is 8.10. The van der Waals surface area contributed by atoms with Gasteiger partial charge in [0.05, 0.1) is 35.4 Å². The number of rotatable bonds is 5. The summed E-state index contributed by atoms with van der Waals surface area (Å²) in [6, 6.07) is 6.40. The Bertz CT molecular complexity index is 912. The van der Waals surface area contributed by atoms with Gasteiger partial charge in [-0.05, 0) is 38.5 Å². The molecule has 0 atom stereocenters. The minimum atomic E-state index is -0.277. The Morgan fingerprint density at radius 3 is 2.80 bits per heavy atom. The SMILES string of the molecule is CCn1cc(C(=O)Nc2c(C)nn(Cc3cccc(F)c3)c2C)cn1. The summed E-state index contributed by atoms with van der Waals surface area (Å²) in [4.78, 5) is 12.4. The lowest BCUT2D eigenvalue weighted by Crippen LogP contribution is -2.13. The number of carbonyl (C=O) groups is 1. The van der Waals surface area contributed by atoms with Crippen LogP contribution in [0.1, 0.15) is 34.2 Å². The minimum absolute atomic E-state index is 0.226. The second kappa shape index (κ2) is 6.88. The first-order valence-electron chi connectivity index (χ1n) is 8.10. The Labute approximate surface area is 145 Å². The molecular formula is C18H20FN5O. The van der Waals surface area contributed by atoms with Gasteiger partial charge in [0.2, 0.25) is 0 Å². The fraction of sp³-hybridized carbons (Fsp3) is 0.278. The molecule has 2 aromatic heterocycles. The van der Waals surface area contributed by atoms with Crippen molar-refractivity contribution in [3.05, 3.63) is 65.0 Å². The average Bonchev–Trinajstić information content (AvgIpc) is 3.16. The zero-order valence-electron chi connectivity index (χ0n) is 14.5. The van der Waals surface area contributed by atoms with E-state index in [1.54, 1.807) is 27.8 Å². The maximum atomic E-state index is 13.4. The Kier molecular flexibility index (Phi) is 4.65. The molecule has 0 saturated heterocycles. The summed E-state index contributed by atoms with van der Waals surface area (Å²) in [7, 11) is 0. The third-order valence-corrected chi connectivity index (χ3v) is 4.06. The van der Waals surface area contributed by atoms with Gasteiger partial charge < -0.3 is 5.32 Å². The zero-order valence-corrected chi connectivity index (χ0v) is 14.5. The van der Waals surface area contributed by atoms with Gasteiger partial charge in [0.25, 0.3) is 5.91 Å². The topological polar surface area (TPSA) is 64.7 Å². The molecule has 0 radical (unpaired) electrons. The summed E-state index contributed by atoms with van der Waals surface area (Å²) in [5, 5.41) is 11.5. The van der Waals surface area contributed by atoms with Gasteiger partial charge in [-0.15, -0.1) is 0 Å². The highest BCUT2D eigenvalue weighted by Gasteiger charge is 2.16. The van der Waals surface area contributed by atoms with Gasteiger partial charge in [-0.3, -0.25) is 14.2 Å². The van der Waals surface area contributed by atoms with E-state index in [-0.39, 0.29) is 11.7 Å². The van der Waals surface area contributed by atoms with Crippen LogP contribution in [0.25, 0.3) is 0 Å². The molecule has 0 aliphatic rings. The van der Waals surface area contributed by atoms with Crippen LogP contribution in [0.3, 0.4) is 0 Å². The summed E-state index contributed by atoms with van der Waals surface area (Å²) < 4.78 is 16.8. The normalized spacial score (nSPS) is 10.9. The second-order valence-electron chi connectivity index (χ2n) is 5.87. The smallest absolute Gasteiger partial charge is 0.258 e. The lowest BCUT2D eigenvalue weighted by Gasteiger charge is -2.07. The Balaban J connectivity index is 1.80. The van der Waals surface area contributed by atoms with E-state index in [1.165, 1.54) is 12.1 Å². The third-order valence-electron chi connectivity index (χ3n) is 4.06. The van der Waals surface area contributed by atoms with Gasteiger partial charge in [0, 0.05) is 12.7 Å². The Hall–Kier alpha value is -2.96. The highest BCUT2D eigenvalue weighted by molar-refractivity contribution is 6.04. The van der Waals surface area contributed by atoms with E-state index in [0.717, 1.165) is 11.3 Å². The molecule has 2 heterocycles. The van der Waals surface area contributed by atoms with Crippen LogP contribution in [0.15, 0.2) is 36.7 Å². The maximum absolute atomic E-state index is 13.4. The molecule has 0 aliphatic carbocycles. The number of halogens is 1. The summed E-state index contributed by atoms with van der Waals surface area (Å²) in [5.74, 6) is -0.503. The number of nitrogens with one attached hydrogen (secondary N) is 1. The van der Waals surface area contributed by atoms with Crippen molar-refractivity contribution in [3.63, 3.8) is 0 Å². The number of hydrogen-bond donors (Lipinski definition) is 1. The molecule has 0 bridgehead atoms. The van der Waals surface area contributed by atoms with Crippen molar-refractivity contribution in [1.29, 1.82) is 0 Å². The number of aromatic nitrogens is 4. The van der Waals surface area contributed by atoms with Crippen LogP contribution < -0.4 is 5.32 Å². The van der Waals surface area contributed by atoms with E-state index in [1.807, 2.05) is 26.8 Å². The van der Waals surface area contributed by atoms with E-state index in [2.05, 4.69) is 15.5 Å².